The highest BCUT2D eigenvalue weighted by molar-refractivity contribution is 5.98. The van der Waals surface area contributed by atoms with Crippen molar-refractivity contribution in [2.24, 2.45) is 5.92 Å². The van der Waals surface area contributed by atoms with Crippen molar-refractivity contribution >= 4 is 17.7 Å². The molecule has 1 saturated heterocycles. The molecule has 2 fully saturated rings. The van der Waals surface area contributed by atoms with Crippen LogP contribution in [0.15, 0.2) is 24.3 Å². The molecule has 30 heavy (non-hydrogen) atoms. The molecule has 2 atom stereocenters. The van der Waals surface area contributed by atoms with E-state index in [0.29, 0.717) is 30.7 Å². The largest absolute Gasteiger partial charge is 0.467 e. The van der Waals surface area contributed by atoms with Gasteiger partial charge in [-0.25, -0.2) is 0 Å². The first kappa shape index (κ1) is 20.7. The van der Waals surface area contributed by atoms with Gasteiger partial charge in [0.2, 0.25) is 11.8 Å². The second-order valence-corrected chi connectivity index (χ2v) is 9.03. The SMILES string of the molecule is CC1CCC(NC(=O)[C@H](C)N2CC[C@@]3(CCC2=O)NC(=O)c2ccccc2O3)CC1. The van der Waals surface area contributed by atoms with Crippen LogP contribution in [0.5, 0.6) is 5.75 Å². The second kappa shape index (κ2) is 8.28. The molecule has 4 rings (SSSR count). The zero-order valence-electron chi connectivity index (χ0n) is 17.8. The highest BCUT2D eigenvalue weighted by Gasteiger charge is 2.43. The molecule has 1 saturated carbocycles. The summed E-state index contributed by atoms with van der Waals surface area (Å²) in [6.45, 7) is 4.39. The molecule has 0 radical (unpaired) electrons. The first-order chi connectivity index (χ1) is 14.4. The van der Waals surface area contributed by atoms with Gasteiger partial charge < -0.3 is 20.3 Å². The normalized spacial score (nSPS) is 30.0. The predicted octanol–water partition coefficient (Wildman–Crippen LogP) is 2.60. The van der Waals surface area contributed by atoms with Crippen molar-refractivity contribution in [2.45, 2.75) is 76.6 Å². The van der Waals surface area contributed by atoms with Crippen molar-refractivity contribution < 1.29 is 19.1 Å². The number of hydrogen-bond donors (Lipinski definition) is 2. The maximum atomic E-state index is 12.8. The molecule has 0 unspecified atom stereocenters. The van der Waals surface area contributed by atoms with Crippen LogP contribution in [0.1, 0.15) is 69.2 Å². The van der Waals surface area contributed by atoms with Crippen molar-refractivity contribution in [3.8, 4) is 5.75 Å². The third-order valence-electron chi connectivity index (χ3n) is 6.81. The second-order valence-electron chi connectivity index (χ2n) is 9.03. The molecule has 0 bridgehead atoms. The van der Waals surface area contributed by atoms with Crippen molar-refractivity contribution in [3.05, 3.63) is 29.8 Å². The molecule has 2 N–H and O–H groups in total. The molecule has 2 heterocycles. The van der Waals surface area contributed by atoms with Gasteiger partial charge in [0.05, 0.1) is 5.56 Å². The van der Waals surface area contributed by atoms with E-state index in [9.17, 15) is 14.4 Å². The lowest BCUT2D eigenvalue weighted by molar-refractivity contribution is -0.139. The van der Waals surface area contributed by atoms with E-state index in [-0.39, 0.29) is 30.2 Å². The lowest BCUT2D eigenvalue weighted by atomic mass is 9.87. The summed E-state index contributed by atoms with van der Waals surface area (Å²) >= 11 is 0. The number of fused-ring (bicyclic) bond motifs is 1. The van der Waals surface area contributed by atoms with Gasteiger partial charge in [0, 0.05) is 31.8 Å². The third-order valence-corrected chi connectivity index (χ3v) is 6.81. The molecule has 0 aromatic heterocycles. The Morgan fingerprint density at radius 3 is 2.70 bits per heavy atom. The number of ether oxygens (including phenoxy) is 1. The molecule has 1 spiro atoms. The van der Waals surface area contributed by atoms with E-state index in [1.165, 1.54) is 0 Å². The molecule has 1 aliphatic carbocycles. The third kappa shape index (κ3) is 4.16. The van der Waals surface area contributed by atoms with Crippen molar-refractivity contribution in [1.82, 2.24) is 15.5 Å². The van der Waals surface area contributed by atoms with Gasteiger partial charge >= 0.3 is 0 Å². The molecule has 3 aliphatic rings. The zero-order chi connectivity index (χ0) is 21.3. The molecule has 162 valence electrons. The molecular formula is C23H31N3O4. The zero-order valence-corrected chi connectivity index (χ0v) is 17.8. The Morgan fingerprint density at radius 2 is 1.93 bits per heavy atom. The Labute approximate surface area is 177 Å². The summed E-state index contributed by atoms with van der Waals surface area (Å²) in [5.74, 6) is 0.894. The highest BCUT2D eigenvalue weighted by atomic mass is 16.5. The topological polar surface area (TPSA) is 87.7 Å². The Hall–Kier alpha value is -2.57. The Bertz CT molecular complexity index is 833. The number of likely N-dealkylation sites (tertiary alicyclic amines) is 1. The monoisotopic (exact) mass is 413 g/mol. The lowest BCUT2D eigenvalue weighted by Gasteiger charge is -2.38. The van der Waals surface area contributed by atoms with Crippen LogP contribution in [-0.2, 0) is 9.59 Å². The molecule has 7 heteroatoms. The van der Waals surface area contributed by atoms with Crippen molar-refractivity contribution in [2.75, 3.05) is 6.54 Å². The van der Waals surface area contributed by atoms with Crippen LogP contribution in [0.2, 0.25) is 0 Å². The number of para-hydroxylation sites is 1. The standard InChI is InChI=1S/C23H31N3O4/c1-15-7-9-17(10-8-15)24-21(28)16(2)26-14-13-23(12-11-20(26)27)25-22(29)18-5-3-4-6-19(18)30-23/h3-6,15-17H,7-14H2,1-2H3,(H,24,28)(H,25,29)/t15?,16-,17?,23-/m0/s1. The summed E-state index contributed by atoms with van der Waals surface area (Å²) < 4.78 is 6.17. The van der Waals surface area contributed by atoms with Crippen LogP contribution in [0.3, 0.4) is 0 Å². The Kier molecular flexibility index (Phi) is 5.71. The van der Waals surface area contributed by atoms with Gasteiger partial charge in [-0.3, -0.25) is 14.4 Å². The Balaban J connectivity index is 1.41. The number of rotatable bonds is 3. The van der Waals surface area contributed by atoms with Crippen LogP contribution in [0.25, 0.3) is 0 Å². The first-order valence-electron chi connectivity index (χ1n) is 11.1. The van der Waals surface area contributed by atoms with Gasteiger partial charge in [0.25, 0.3) is 5.91 Å². The van der Waals surface area contributed by atoms with Crippen LogP contribution in [-0.4, -0.2) is 47.0 Å². The van der Waals surface area contributed by atoms with E-state index < -0.39 is 11.8 Å². The first-order valence-corrected chi connectivity index (χ1v) is 11.1. The average Bonchev–Trinajstić information content (AvgIpc) is 2.88. The maximum Gasteiger partial charge on any atom is 0.258 e. The number of amides is 3. The van der Waals surface area contributed by atoms with Crippen molar-refractivity contribution in [1.29, 1.82) is 0 Å². The van der Waals surface area contributed by atoms with E-state index >= 15 is 0 Å². The number of nitrogens with one attached hydrogen (secondary N) is 2. The molecule has 1 aromatic rings. The number of nitrogens with zero attached hydrogens (tertiary/aromatic N) is 1. The smallest absolute Gasteiger partial charge is 0.258 e. The molecule has 3 amide bonds. The van der Waals surface area contributed by atoms with Gasteiger partial charge in [-0.05, 0) is 50.7 Å². The average molecular weight is 414 g/mol. The van der Waals surface area contributed by atoms with Gasteiger partial charge in [0.15, 0.2) is 5.72 Å². The predicted molar refractivity (Wildman–Crippen MR) is 112 cm³/mol. The molecule has 2 aliphatic heterocycles. The van der Waals surface area contributed by atoms with E-state index in [4.69, 9.17) is 4.74 Å². The van der Waals surface area contributed by atoms with E-state index in [0.717, 1.165) is 31.6 Å². The molecule has 7 nitrogen and oxygen atoms in total. The minimum absolute atomic E-state index is 0.0801. The lowest BCUT2D eigenvalue weighted by Crippen LogP contribution is -2.56. The van der Waals surface area contributed by atoms with E-state index in [1.807, 2.05) is 6.07 Å². The summed E-state index contributed by atoms with van der Waals surface area (Å²) in [5, 5.41) is 6.10. The van der Waals surface area contributed by atoms with Crippen LogP contribution in [0, 0.1) is 5.92 Å². The summed E-state index contributed by atoms with van der Waals surface area (Å²) in [6, 6.07) is 6.79. The minimum atomic E-state index is -0.911. The molecule has 1 aromatic carbocycles. The van der Waals surface area contributed by atoms with Crippen LogP contribution < -0.4 is 15.4 Å². The van der Waals surface area contributed by atoms with Gasteiger partial charge in [-0.15, -0.1) is 0 Å². The quantitative estimate of drug-likeness (QED) is 0.797. The maximum absolute atomic E-state index is 12.8. The summed E-state index contributed by atoms with van der Waals surface area (Å²) in [5.41, 5.74) is -0.406. The number of carbonyl (C=O) groups excluding carboxylic acids is 3. The van der Waals surface area contributed by atoms with Crippen LogP contribution in [0.4, 0.5) is 0 Å². The van der Waals surface area contributed by atoms with Gasteiger partial charge in [-0.1, -0.05) is 19.1 Å². The van der Waals surface area contributed by atoms with Gasteiger partial charge in [-0.2, -0.15) is 0 Å². The molecular weight excluding hydrogens is 382 g/mol. The summed E-state index contributed by atoms with van der Waals surface area (Å²) in [4.78, 5) is 39.9. The Morgan fingerprint density at radius 1 is 1.20 bits per heavy atom. The number of hydrogen-bond acceptors (Lipinski definition) is 4. The number of benzene rings is 1. The highest BCUT2D eigenvalue weighted by Crippen LogP contribution is 2.34. The van der Waals surface area contributed by atoms with Gasteiger partial charge in [0.1, 0.15) is 11.8 Å². The fourth-order valence-corrected chi connectivity index (χ4v) is 4.76. The van der Waals surface area contributed by atoms with Crippen molar-refractivity contribution in [3.63, 3.8) is 0 Å². The minimum Gasteiger partial charge on any atom is -0.467 e. The fraction of sp³-hybridized carbons (Fsp3) is 0.609. The summed E-state index contributed by atoms with van der Waals surface area (Å²) in [7, 11) is 0. The van der Waals surface area contributed by atoms with E-state index in [2.05, 4.69) is 17.6 Å². The van der Waals surface area contributed by atoms with E-state index in [1.54, 1.807) is 30.0 Å². The fourth-order valence-electron chi connectivity index (χ4n) is 4.76. The number of carbonyl (C=O) groups is 3. The summed E-state index contributed by atoms with van der Waals surface area (Å²) in [6.07, 6.45) is 5.30. The van der Waals surface area contributed by atoms with Crippen LogP contribution >= 0.6 is 0 Å².